The van der Waals surface area contributed by atoms with E-state index < -0.39 is 12.1 Å². The lowest BCUT2D eigenvalue weighted by atomic mass is 9.75. The highest BCUT2D eigenvalue weighted by Crippen LogP contribution is 2.35. The van der Waals surface area contributed by atoms with Gasteiger partial charge >= 0.3 is 18.1 Å². The highest BCUT2D eigenvalue weighted by Gasteiger charge is 2.33. The van der Waals surface area contributed by atoms with E-state index >= 15 is 0 Å². The van der Waals surface area contributed by atoms with E-state index in [1.165, 1.54) is 6.42 Å². The van der Waals surface area contributed by atoms with E-state index in [0.717, 1.165) is 30.0 Å². The third-order valence-corrected chi connectivity index (χ3v) is 6.90. The van der Waals surface area contributed by atoms with E-state index in [9.17, 15) is 14.4 Å². The van der Waals surface area contributed by atoms with E-state index in [2.05, 4.69) is 27.4 Å². The van der Waals surface area contributed by atoms with Gasteiger partial charge in [-0.15, -0.1) is 0 Å². The minimum Gasteiger partial charge on any atom is -0.463 e. The molecule has 0 amide bonds. The number of hydrogen-bond acceptors (Lipinski definition) is 7. The van der Waals surface area contributed by atoms with Gasteiger partial charge in [-0.2, -0.15) is 0 Å². The first-order valence-corrected chi connectivity index (χ1v) is 13.3. The molecule has 3 unspecified atom stereocenters. The van der Waals surface area contributed by atoms with Crippen molar-refractivity contribution in [3.8, 4) is 16.9 Å². The van der Waals surface area contributed by atoms with Crippen LogP contribution in [0.1, 0.15) is 63.2 Å². The summed E-state index contributed by atoms with van der Waals surface area (Å²) >= 11 is 0. The quantitative estimate of drug-likeness (QED) is 0.103. The fraction of sp³-hybridized carbons (Fsp3) is 0.452. The Labute approximate surface area is 225 Å². The van der Waals surface area contributed by atoms with Crippen molar-refractivity contribution in [3.05, 3.63) is 66.7 Å². The lowest BCUT2D eigenvalue weighted by Gasteiger charge is -2.36. The van der Waals surface area contributed by atoms with Crippen LogP contribution in [0, 0.1) is 17.8 Å². The molecule has 3 rings (SSSR count). The van der Waals surface area contributed by atoms with Crippen molar-refractivity contribution < 1.29 is 33.3 Å². The molecule has 0 heterocycles. The number of unbranched alkanes of at least 4 members (excludes halogenated alkanes) is 1. The van der Waals surface area contributed by atoms with Crippen molar-refractivity contribution in [2.24, 2.45) is 17.8 Å². The minimum atomic E-state index is -0.796. The van der Waals surface area contributed by atoms with Gasteiger partial charge in [0.15, 0.2) is 0 Å². The Hall–Kier alpha value is -3.61. The van der Waals surface area contributed by atoms with Crippen LogP contribution in [-0.4, -0.2) is 37.4 Å². The molecule has 0 bridgehead atoms. The third-order valence-electron chi connectivity index (χ3n) is 6.90. The third kappa shape index (κ3) is 8.75. The zero-order chi connectivity index (χ0) is 27.5. The molecule has 0 N–H and O–H groups in total. The molecule has 0 aromatic heterocycles. The van der Waals surface area contributed by atoms with Crippen LogP contribution in [0.2, 0.25) is 0 Å². The number of hydrogen-bond donors (Lipinski definition) is 0. The van der Waals surface area contributed by atoms with Gasteiger partial charge in [0.05, 0.1) is 18.8 Å². The molecular weight excluding hydrogens is 484 g/mol. The zero-order valence-electron chi connectivity index (χ0n) is 22.5. The summed E-state index contributed by atoms with van der Waals surface area (Å²) in [5.74, 6) is 1.07. The molecule has 2 aromatic carbocycles. The standard InChI is InChI=1S/C31H38O7/c1-5-29(32)35-18-6-7-19-36-31(34)37-26-15-13-24(14-16-26)23-9-11-25(12-10-23)30(33)38-28-20-22(4)8-17-27(28)21(2)3/h5,9-16,21-22,27-28H,1,6-8,17-20H2,2-4H3. The van der Waals surface area contributed by atoms with Gasteiger partial charge in [0.2, 0.25) is 0 Å². The number of benzene rings is 2. The number of carbonyl (C=O) groups excluding carboxylic acids is 3. The topological polar surface area (TPSA) is 88.1 Å². The van der Waals surface area contributed by atoms with Crippen LogP contribution in [0.5, 0.6) is 5.75 Å². The fourth-order valence-corrected chi connectivity index (χ4v) is 4.69. The molecule has 1 aliphatic rings. The Morgan fingerprint density at radius 2 is 1.53 bits per heavy atom. The van der Waals surface area contributed by atoms with Crippen LogP contribution in [0.3, 0.4) is 0 Å². The van der Waals surface area contributed by atoms with E-state index in [-0.39, 0.29) is 25.3 Å². The Bertz CT molecular complexity index is 1070. The second kappa shape index (κ2) is 14.4. The molecule has 0 spiro atoms. The molecule has 7 heteroatoms. The van der Waals surface area contributed by atoms with Gasteiger partial charge in [0, 0.05) is 6.08 Å². The summed E-state index contributed by atoms with van der Waals surface area (Å²) in [4.78, 5) is 35.7. The van der Waals surface area contributed by atoms with Crippen molar-refractivity contribution in [3.63, 3.8) is 0 Å². The normalized spacial score (nSPS) is 18.9. The predicted molar refractivity (Wildman–Crippen MR) is 145 cm³/mol. The zero-order valence-corrected chi connectivity index (χ0v) is 22.5. The fourth-order valence-electron chi connectivity index (χ4n) is 4.69. The molecule has 7 nitrogen and oxygen atoms in total. The smallest absolute Gasteiger partial charge is 0.463 e. The van der Waals surface area contributed by atoms with Crippen LogP contribution in [0.25, 0.3) is 11.1 Å². The maximum atomic E-state index is 12.8. The monoisotopic (exact) mass is 522 g/mol. The summed E-state index contributed by atoms with van der Waals surface area (Å²) in [5, 5.41) is 0. The van der Waals surface area contributed by atoms with Crippen LogP contribution < -0.4 is 4.74 Å². The van der Waals surface area contributed by atoms with Crippen molar-refractivity contribution in [1.29, 1.82) is 0 Å². The van der Waals surface area contributed by atoms with Crippen LogP contribution in [-0.2, 0) is 19.0 Å². The van der Waals surface area contributed by atoms with E-state index in [0.29, 0.717) is 41.9 Å². The first kappa shape index (κ1) is 29.0. The van der Waals surface area contributed by atoms with Crippen LogP contribution in [0.15, 0.2) is 61.2 Å². The minimum absolute atomic E-state index is 0.0350. The maximum absolute atomic E-state index is 12.8. The molecule has 1 saturated carbocycles. The second-order valence-corrected chi connectivity index (χ2v) is 10.2. The second-order valence-electron chi connectivity index (χ2n) is 10.2. The van der Waals surface area contributed by atoms with Crippen molar-refractivity contribution >= 4 is 18.1 Å². The summed E-state index contributed by atoms with van der Waals surface area (Å²) in [7, 11) is 0. The van der Waals surface area contributed by atoms with Crippen molar-refractivity contribution in [2.75, 3.05) is 13.2 Å². The summed E-state index contributed by atoms with van der Waals surface area (Å²) in [5.41, 5.74) is 2.39. The Morgan fingerprint density at radius 3 is 2.13 bits per heavy atom. The van der Waals surface area contributed by atoms with E-state index in [4.69, 9.17) is 18.9 Å². The predicted octanol–water partition coefficient (Wildman–Crippen LogP) is 7.00. The van der Waals surface area contributed by atoms with Gasteiger partial charge in [-0.05, 0) is 78.8 Å². The summed E-state index contributed by atoms with van der Waals surface area (Å²) in [6.45, 7) is 10.3. The molecule has 1 fully saturated rings. The molecule has 0 saturated heterocycles. The van der Waals surface area contributed by atoms with Gasteiger partial charge in [-0.3, -0.25) is 0 Å². The average molecular weight is 523 g/mol. The highest BCUT2D eigenvalue weighted by atomic mass is 16.7. The first-order chi connectivity index (χ1) is 18.3. The number of rotatable bonds is 11. The molecule has 0 aliphatic heterocycles. The van der Waals surface area contributed by atoms with Gasteiger partial charge < -0.3 is 18.9 Å². The maximum Gasteiger partial charge on any atom is 0.513 e. The molecule has 2 aromatic rings. The lowest BCUT2D eigenvalue weighted by molar-refractivity contribution is -0.137. The largest absolute Gasteiger partial charge is 0.513 e. The van der Waals surface area contributed by atoms with Crippen LogP contribution in [0.4, 0.5) is 4.79 Å². The van der Waals surface area contributed by atoms with Gasteiger partial charge in [-0.1, -0.05) is 58.0 Å². The molecule has 0 radical (unpaired) electrons. The van der Waals surface area contributed by atoms with Crippen molar-refractivity contribution in [2.45, 2.75) is 59.0 Å². The Kier molecular flexibility index (Phi) is 10.9. The summed E-state index contributed by atoms with van der Waals surface area (Å²) in [6, 6.07) is 14.4. The van der Waals surface area contributed by atoms with Gasteiger partial charge in [0.25, 0.3) is 0 Å². The van der Waals surface area contributed by atoms with Crippen molar-refractivity contribution in [1.82, 2.24) is 0 Å². The first-order valence-electron chi connectivity index (χ1n) is 13.3. The Balaban J connectivity index is 1.47. The average Bonchev–Trinajstić information content (AvgIpc) is 2.90. The number of ether oxygens (including phenoxy) is 4. The van der Waals surface area contributed by atoms with Gasteiger partial charge in [0.1, 0.15) is 11.9 Å². The Morgan fingerprint density at radius 1 is 0.921 bits per heavy atom. The number of carbonyl (C=O) groups is 3. The van der Waals surface area contributed by atoms with E-state index in [1.54, 1.807) is 24.3 Å². The van der Waals surface area contributed by atoms with Gasteiger partial charge in [-0.25, -0.2) is 14.4 Å². The summed E-state index contributed by atoms with van der Waals surface area (Å²) < 4.78 is 21.1. The SMILES string of the molecule is C=CC(=O)OCCCCOC(=O)Oc1ccc(-c2ccc(C(=O)OC3CC(C)CCC3C(C)C)cc2)cc1. The highest BCUT2D eigenvalue weighted by molar-refractivity contribution is 5.90. The molecule has 38 heavy (non-hydrogen) atoms. The molecular formula is C31H38O7. The van der Waals surface area contributed by atoms with E-state index in [1.807, 2.05) is 24.3 Å². The molecule has 1 aliphatic carbocycles. The van der Waals surface area contributed by atoms with Crippen LogP contribution >= 0.6 is 0 Å². The lowest BCUT2D eigenvalue weighted by Crippen LogP contribution is -2.35. The summed E-state index contributed by atoms with van der Waals surface area (Å²) in [6.07, 6.45) is 4.58. The molecule has 3 atom stereocenters. The number of esters is 2. The molecule has 204 valence electrons.